The molecule has 0 aliphatic heterocycles. The molecule has 0 saturated heterocycles. The van der Waals surface area contributed by atoms with Gasteiger partial charge < -0.3 is 5.73 Å². The van der Waals surface area contributed by atoms with Crippen LogP contribution in [0.15, 0.2) is 35.8 Å². The summed E-state index contributed by atoms with van der Waals surface area (Å²) in [4.78, 5) is 5.71. The van der Waals surface area contributed by atoms with Crippen LogP contribution < -0.4 is 5.73 Å². The summed E-state index contributed by atoms with van der Waals surface area (Å²) in [5.74, 6) is 0. The Balaban J connectivity index is 2.16. The molecule has 3 aromatic rings. The summed E-state index contributed by atoms with van der Waals surface area (Å²) in [6, 6.07) is 7.88. The van der Waals surface area contributed by atoms with Crippen LogP contribution in [0.4, 0.5) is 0 Å². The molecule has 0 aliphatic rings. The van der Waals surface area contributed by atoms with E-state index in [4.69, 9.17) is 22.3 Å². The highest BCUT2D eigenvalue weighted by atomic mass is 35.5. The zero-order valence-electron chi connectivity index (χ0n) is 10.5. The van der Waals surface area contributed by atoms with Gasteiger partial charge in [0.15, 0.2) is 4.96 Å². The first-order valence-corrected chi connectivity index (χ1v) is 7.37. The summed E-state index contributed by atoms with van der Waals surface area (Å²) in [6.07, 6.45) is 2.85. The van der Waals surface area contributed by atoms with E-state index in [0.717, 1.165) is 33.4 Å². The molecule has 1 atom stereocenters. The Hall–Kier alpha value is -1.36. The molecule has 3 nitrogen and oxygen atoms in total. The van der Waals surface area contributed by atoms with Crippen molar-refractivity contribution in [3.05, 3.63) is 46.6 Å². The van der Waals surface area contributed by atoms with Crippen molar-refractivity contribution in [2.24, 2.45) is 5.73 Å². The lowest BCUT2D eigenvalue weighted by molar-refractivity contribution is 0.719. The smallest absolute Gasteiger partial charge is 0.194 e. The van der Waals surface area contributed by atoms with Crippen LogP contribution in [0.1, 0.15) is 12.6 Å². The molecule has 0 saturated carbocycles. The Morgan fingerprint density at radius 2 is 2.11 bits per heavy atom. The van der Waals surface area contributed by atoms with Crippen molar-refractivity contribution in [3.8, 4) is 11.3 Å². The second kappa shape index (κ2) is 4.96. The average Bonchev–Trinajstić information content (AvgIpc) is 2.93. The number of benzene rings is 1. The van der Waals surface area contributed by atoms with E-state index in [1.807, 2.05) is 42.8 Å². The summed E-state index contributed by atoms with van der Waals surface area (Å²) in [7, 11) is 0. The monoisotopic (exact) mass is 291 g/mol. The lowest BCUT2D eigenvalue weighted by Gasteiger charge is -2.07. The minimum atomic E-state index is 0.103. The van der Waals surface area contributed by atoms with E-state index in [0.29, 0.717) is 0 Å². The molecule has 2 heterocycles. The van der Waals surface area contributed by atoms with Gasteiger partial charge >= 0.3 is 0 Å². The van der Waals surface area contributed by atoms with Gasteiger partial charge in [0.2, 0.25) is 0 Å². The summed E-state index contributed by atoms with van der Waals surface area (Å²) in [5.41, 5.74) is 9.20. The van der Waals surface area contributed by atoms with Gasteiger partial charge in [-0.3, -0.25) is 4.40 Å². The predicted octanol–water partition coefficient (Wildman–Crippen LogP) is 3.61. The molecule has 0 spiro atoms. The third kappa shape index (κ3) is 2.39. The second-order valence-electron chi connectivity index (χ2n) is 4.65. The first-order valence-electron chi connectivity index (χ1n) is 6.11. The van der Waals surface area contributed by atoms with Crippen molar-refractivity contribution < 1.29 is 0 Å². The Kier molecular flexibility index (Phi) is 3.31. The lowest BCUT2D eigenvalue weighted by atomic mass is 10.1. The van der Waals surface area contributed by atoms with Crippen molar-refractivity contribution in [2.75, 3.05) is 0 Å². The Bertz CT molecular complexity index is 697. The molecule has 0 amide bonds. The molecule has 0 radical (unpaired) electrons. The van der Waals surface area contributed by atoms with Gasteiger partial charge in [0.1, 0.15) is 0 Å². The number of halogens is 1. The van der Waals surface area contributed by atoms with Gasteiger partial charge in [0, 0.05) is 34.6 Å². The second-order valence-corrected chi connectivity index (χ2v) is 5.96. The topological polar surface area (TPSA) is 43.3 Å². The number of nitrogens with zero attached hydrogens (tertiary/aromatic N) is 2. The molecule has 1 aromatic carbocycles. The van der Waals surface area contributed by atoms with E-state index in [1.165, 1.54) is 0 Å². The molecule has 1 unspecified atom stereocenters. The lowest BCUT2D eigenvalue weighted by Crippen LogP contribution is -2.19. The van der Waals surface area contributed by atoms with Gasteiger partial charge in [-0.05, 0) is 19.1 Å². The van der Waals surface area contributed by atoms with Crippen molar-refractivity contribution >= 4 is 27.9 Å². The van der Waals surface area contributed by atoms with Crippen LogP contribution in [0.3, 0.4) is 0 Å². The number of fused-ring (bicyclic) bond motifs is 1. The molecular formula is C14H14ClN3S. The number of aromatic nitrogens is 2. The summed E-state index contributed by atoms with van der Waals surface area (Å²) < 4.78 is 2.12. The van der Waals surface area contributed by atoms with Crippen LogP contribution in [0.2, 0.25) is 5.02 Å². The van der Waals surface area contributed by atoms with Crippen LogP contribution in [0.5, 0.6) is 0 Å². The maximum atomic E-state index is 5.96. The van der Waals surface area contributed by atoms with E-state index < -0.39 is 0 Å². The first-order chi connectivity index (χ1) is 9.15. The predicted molar refractivity (Wildman–Crippen MR) is 80.9 cm³/mol. The zero-order chi connectivity index (χ0) is 13.4. The van der Waals surface area contributed by atoms with Crippen LogP contribution in [0.25, 0.3) is 16.2 Å². The highest BCUT2D eigenvalue weighted by Crippen LogP contribution is 2.28. The van der Waals surface area contributed by atoms with Gasteiger partial charge in [-0.25, -0.2) is 4.98 Å². The number of hydrogen-bond donors (Lipinski definition) is 1. The number of thiazole rings is 1. The third-order valence-corrected chi connectivity index (χ3v) is 4.00. The minimum absolute atomic E-state index is 0.103. The fourth-order valence-corrected chi connectivity index (χ4v) is 3.03. The minimum Gasteiger partial charge on any atom is -0.328 e. The van der Waals surface area contributed by atoms with Crippen molar-refractivity contribution in [2.45, 2.75) is 19.4 Å². The molecule has 2 aromatic heterocycles. The molecule has 0 aliphatic carbocycles. The van der Waals surface area contributed by atoms with Crippen LogP contribution in [0, 0.1) is 0 Å². The molecule has 3 rings (SSSR count). The normalized spacial score (nSPS) is 13.0. The Morgan fingerprint density at radius 3 is 2.79 bits per heavy atom. The van der Waals surface area contributed by atoms with Crippen molar-refractivity contribution in [1.82, 2.24) is 9.38 Å². The highest BCUT2D eigenvalue weighted by Gasteiger charge is 2.15. The third-order valence-electron chi connectivity index (χ3n) is 2.99. The Labute approximate surface area is 120 Å². The van der Waals surface area contributed by atoms with E-state index in [1.54, 1.807) is 11.3 Å². The van der Waals surface area contributed by atoms with Crippen molar-refractivity contribution in [1.29, 1.82) is 0 Å². The molecule has 19 heavy (non-hydrogen) atoms. The van der Waals surface area contributed by atoms with Gasteiger partial charge in [-0.15, -0.1) is 11.3 Å². The van der Waals surface area contributed by atoms with Crippen LogP contribution in [-0.4, -0.2) is 15.4 Å². The highest BCUT2D eigenvalue weighted by molar-refractivity contribution is 7.15. The zero-order valence-corrected chi connectivity index (χ0v) is 12.1. The standard InChI is InChI=1S/C14H14ClN3S/c1-9(16)8-12-13(10-2-4-11(15)5-3-10)17-14-18(12)6-7-19-14/h2-7,9H,8,16H2,1H3. The van der Waals surface area contributed by atoms with Crippen LogP contribution in [-0.2, 0) is 6.42 Å². The van der Waals surface area contributed by atoms with Crippen LogP contribution >= 0.6 is 22.9 Å². The van der Waals surface area contributed by atoms with E-state index in [9.17, 15) is 0 Å². The molecule has 0 fully saturated rings. The fraction of sp³-hybridized carbons (Fsp3) is 0.214. The number of nitrogens with two attached hydrogens (primary N) is 1. The van der Waals surface area contributed by atoms with Gasteiger partial charge in [-0.2, -0.15) is 0 Å². The molecule has 0 bridgehead atoms. The number of rotatable bonds is 3. The van der Waals surface area contributed by atoms with Gasteiger partial charge in [0.05, 0.1) is 11.4 Å². The van der Waals surface area contributed by atoms with E-state index in [-0.39, 0.29) is 6.04 Å². The molecule has 2 N–H and O–H groups in total. The number of hydrogen-bond acceptors (Lipinski definition) is 3. The maximum absolute atomic E-state index is 5.96. The SMILES string of the molecule is CC(N)Cc1c(-c2ccc(Cl)cc2)nc2sccn12. The van der Waals surface area contributed by atoms with Crippen molar-refractivity contribution in [3.63, 3.8) is 0 Å². The maximum Gasteiger partial charge on any atom is 0.194 e. The first kappa shape index (κ1) is 12.7. The number of imidazole rings is 1. The summed E-state index contributed by atoms with van der Waals surface area (Å²) in [6.45, 7) is 2.01. The van der Waals surface area contributed by atoms with Gasteiger partial charge in [0.25, 0.3) is 0 Å². The Morgan fingerprint density at radius 1 is 1.37 bits per heavy atom. The quantitative estimate of drug-likeness (QED) is 0.801. The fourth-order valence-electron chi connectivity index (χ4n) is 2.17. The van der Waals surface area contributed by atoms with E-state index in [2.05, 4.69) is 4.40 Å². The summed E-state index contributed by atoms with van der Waals surface area (Å²) in [5, 5.41) is 2.78. The largest absolute Gasteiger partial charge is 0.328 e. The molecular weight excluding hydrogens is 278 g/mol. The molecule has 5 heteroatoms. The van der Waals surface area contributed by atoms with E-state index >= 15 is 0 Å². The average molecular weight is 292 g/mol. The summed E-state index contributed by atoms with van der Waals surface area (Å²) >= 11 is 7.57. The van der Waals surface area contributed by atoms with Gasteiger partial charge in [-0.1, -0.05) is 23.7 Å². The molecule has 98 valence electrons.